The van der Waals surface area contributed by atoms with Crippen LogP contribution in [0.5, 0.6) is 11.5 Å². The Morgan fingerprint density at radius 3 is 2.12 bits per heavy atom. The van der Waals surface area contributed by atoms with E-state index < -0.39 is 11.9 Å². The van der Waals surface area contributed by atoms with E-state index in [1.54, 1.807) is 13.8 Å². The molecule has 0 bridgehead atoms. The molecule has 0 aliphatic heterocycles. The molecule has 170 valence electrons. The van der Waals surface area contributed by atoms with E-state index in [1.165, 1.54) is 19.3 Å². The van der Waals surface area contributed by atoms with Gasteiger partial charge in [-0.25, -0.2) is 9.59 Å². The smallest absolute Gasteiger partial charge is 0.338 e. The molecule has 1 unspecified atom stereocenters. The number of carbonyl (C=O) groups excluding carboxylic acids is 2. The highest BCUT2D eigenvalue weighted by Gasteiger charge is 2.31. The number of unbranched alkanes of at least 4 members (excludes halogenated alkanes) is 3. The molecule has 2 aromatic rings. The fourth-order valence-corrected chi connectivity index (χ4v) is 4.49. The minimum Gasteiger partial charge on any atom is -0.422 e. The van der Waals surface area contributed by atoms with Crippen molar-refractivity contribution in [2.45, 2.75) is 78.1 Å². The van der Waals surface area contributed by atoms with E-state index in [4.69, 9.17) is 9.47 Å². The summed E-state index contributed by atoms with van der Waals surface area (Å²) in [5.41, 5.74) is 2.71. The number of rotatable bonds is 9. The van der Waals surface area contributed by atoms with Gasteiger partial charge in [0.1, 0.15) is 11.5 Å². The van der Waals surface area contributed by atoms with E-state index in [9.17, 15) is 9.59 Å². The van der Waals surface area contributed by atoms with Crippen molar-refractivity contribution >= 4 is 22.7 Å². The maximum absolute atomic E-state index is 12.6. The fourth-order valence-electron chi connectivity index (χ4n) is 4.49. The van der Waals surface area contributed by atoms with E-state index >= 15 is 0 Å². The number of carbonyl (C=O) groups is 2. The minimum atomic E-state index is -0.436. The number of ether oxygens (including phenoxy) is 2. The highest BCUT2D eigenvalue weighted by molar-refractivity contribution is 6.01. The maximum Gasteiger partial charge on any atom is 0.338 e. The molecule has 1 atom stereocenters. The third kappa shape index (κ3) is 5.12. The third-order valence-corrected chi connectivity index (χ3v) is 6.14. The molecule has 1 aliphatic rings. The molecule has 0 fully saturated rings. The maximum atomic E-state index is 12.6. The van der Waals surface area contributed by atoms with Crippen LogP contribution in [-0.4, -0.2) is 11.9 Å². The summed E-state index contributed by atoms with van der Waals surface area (Å²) in [5, 5.41) is 1.56. The zero-order chi connectivity index (χ0) is 23.3. The molecular formula is C28H34O4. The van der Waals surface area contributed by atoms with Crippen LogP contribution in [0, 0.1) is 0 Å². The SMILES string of the molecule is C=C(C)C(=O)Oc1c2c(c(OC(=O)C(=C)C)c3ccccc13)C(CCCCCC)CCC2. The van der Waals surface area contributed by atoms with Crippen molar-refractivity contribution in [2.24, 2.45) is 0 Å². The van der Waals surface area contributed by atoms with Gasteiger partial charge in [0.15, 0.2) is 0 Å². The molecule has 4 nitrogen and oxygen atoms in total. The van der Waals surface area contributed by atoms with Crippen molar-refractivity contribution in [3.63, 3.8) is 0 Å². The van der Waals surface area contributed by atoms with Crippen LogP contribution < -0.4 is 9.47 Å². The van der Waals surface area contributed by atoms with E-state index in [0.717, 1.165) is 54.0 Å². The third-order valence-electron chi connectivity index (χ3n) is 6.14. The normalized spacial score (nSPS) is 15.2. The lowest BCUT2D eigenvalue weighted by Gasteiger charge is -2.30. The Hall–Kier alpha value is -2.88. The summed E-state index contributed by atoms with van der Waals surface area (Å²) in [4.78, 5) is 25.1. The van der Waals surface area contributed by atoms with Gasteiger partial charge < -0.3 is 9.47 Å². The van der Waals surface area contributed by atoms with Gasteiger partial charge >= 0.3 is 11.9 Å². The van der Waals surface area contributed by atoms with Gasteiger partial charge in [-0.3, -0.25) is 0 Å². The average molecular weight is 435 g/mol. The lowest BCUT2D eigenvalue weighted by molar-refractivity contribution is -0.131. The molecule has 0 heterocycles. The lowest BCUT2D eigenvalue weighted by atomic mass is 9.77. The molecule has 0 saturated heterocycles. The first-order valence-corrected chi connectivity index (χ1v) is 11.7. The molecule has 0 aromatic heterocycles. The van der Waals surface area contributed by atoms with Crippen LogP contribution in [0.1, 0.15) is 82.8 Å². The van der Waals surface area contributed by atoms with Crippen LogP contribution >= 0.6 is 0 Å². The molecule has 3 rings (SSSR count). The summed E-state index contributed by atoms with van der Waals surface area (Å²) in [6.45, 7) is 13.0. The molecular weight excluding hydrogens is 400 g/mol. The Morgan fingerprint density at radius 1 is 0.938 bits per heavy atom. The van der Waals surface area contributed by atoms with Crippen LogP contribution in [0.2, 0.25) is 0 Å². The van der Waals surface area contributed by atoms with Gasteiger partial charge in [0, 0.05) is 33.0 Å². The van der Waals surface area contributed by atoms with E-state index in [-0.39, 0.29) is 5.92 Å². The Morgan fingerprint density at radius 2 is 1.53 bits per heavy atom. The zero-order valence-corrected chi connectivity index (χ0v) is 19.6. The predicted octanol–water partition coefficient (Wildman–Crippen LogP) is 7.19. The molecule has 0 radical (unpaired) electrons. The quantitative estimate of drug-likeness (QED) is 0.181. The molecule has 0 amide bonds. The van der Waals surface area contributed by atoms with E-state index in [1.807, 2.05) is 24.3 Å². The summed E-state index contributed by atoms with van der Waals surface area (Å²) in [6.07, 6.45) is 8.57. The second-order valence-electron chi connectivity index (χ2n) is 8.87. The molecule has 32 heavy (non-hydrogen) atoms. The van der Waals surface area contributed by atoms with E-state index in [0.29, 0.717) is 22.6 Å². The largest absolute Gasteiger partial charge is 0.422 e. The van der Waals surface area contributed by atoms with Gasteiger partial charge in [0.2, 0.25) is 0 Å². The van der Waals surface area contributed by atoms with Crippen LogP contribution in [0.15, 0.2) is 48.6 Å². The Bertz CT molecular complexity index is 1050. The summed E-state index contributed by atoms with van der Waals surface area (Å²) in [5.74, 6) is 0.569. The van der Waals surface area contributed by atoms with Gasteiger partial charge in [0.05, 0.1) is 0 Å². The number of hydrogen-bond donors (Lipinski definition) is 0. The van der Waals surface area contributed by atoms with Crippen molar-refractivity contribution in [3.8, 4) is 11.5 Å². The van der Waals surface area contributed by atoms with Crippen molar-refractivity contribution < 1.29 is 19.1 Å². The first-order valence-electron chi connectivity index (χ1n) is 11.7. The minimum absolute atomic E-state index is 0.260. The van der Waals surface area contributed by atoms with Crippen molar-refractivity contribution in [1.82, 2.24) is 0 Å². The molecule has 2 aromatic carbocycles. The summed E-state index contributed by atoms with van der Waals surface area (Å²) in [7, 11) is 0. The Labute approximate surface area is 191 Å². The van der Waals surface area contributed by atoms with Gasteiger partial charge in [-0.2, -0.15) is 0 Å². The number of esters is 2. The van der Waals surface area contributed by atoms with Crippen LogP contribution in [0.25, 0.3) is 10.8 Å². The van der Waals surface area contributed by atoms with Crippen LogP contribution in [-0.2, 0) is 16.0 Å². The summed E-state index contributed by atoms with van der Waals surface area (Å²) in [6, 6.07) is 7.66. The standard InChI is InChI=1S/C28H34O4/c1-6-7-8-9-13-20-14-12-17-23-24(20)26(32-28(30)19(4)5)22-16-11-10-15-21(22)25(23)31-27(29)18(2)3/h10-11,15-16,20H,2,4,6-9,12-14,17H2,1,3,5H3. The van der Waals surface area contributed by atoms with Crippen molar-refractivity contribution in [3.05, 3.63) is 59.7 Å². The van der Waals surface area contributed by atoms with Gasteiger partial charge in [-0.15, -0.1) is 0 Å². The second kappa shape index (κ2) is 10.6. The molecule has 4 heteroatoms. The number of benzene rings is 2. The monoisotopic (exact) mass is 434 g/mol. The topological polar surface area (TPSA) is 52.6 Å². The van der Waals surface area contributed by atoms with Crippen LogP contribution in [0.4, 0.5) is 0 Å². The van der Waals surface area contributed by atoms with Gasteiger partial charge in [-0.05, 0) is 45.4 Å². The highest BCUT2D eigenvalue weighted by Crippen LogP contribution is 2.50. The zero-order valence-electron chi connectivity index (χ0n) is 19.6. The summed E-state index contributed by atoms with van der Waals surface area (Å²) >= 11 is 0. The predicted molar refractivity (Wildman–Crippen MR) is 129 cm³/mol. The highest BCUT2D eigenvalue weighted by atomic mass is 16.5. The molecule has 0 saturated carbocycles. The van der Waals surface area contributed by atoms with E-state index in [2.05, 4.69) is 20.1 Å². The van der Waals surface area contributed by atoms with Crippen LogP contribution in [0.3, 0.4) is 0 Å². The Kier molecular flexibility index (Phi) is 7.89. The number of fused-ring (bicyclic) bond motifs is 2. The Balaban J connectivity index is 2.20. The molecule has 0 N–H and O–H groups in total. The van der Waals surface area contributed by atoms with Crippen molar-refractivity contribution in [1.29, 1.82) is 0 Å². The molecule has 0 spiro atoms. The first kappa shape index (κ1) is 23.8. The van der Waals surface area contributed by atoms with Crippen molar-refractivity contribution in [2.75, 3.05) is 0 Å². The number of hydrogen-bond acceptors (Lipinski definition) is 4. The lowest BCUT2D eigenvalue weighted by Crippen LogP contribution is -2.19. The second-order valence-corrected chi connectivity index (χ2v) is 8.87. The van der Waals surface area contributed by atoms with Gasteiger partial charge in [0.25, 0.3) is 0 Å². The molecule has 1 aliphatic carbocycles. The summed E-state index contributed by atoms with van der Waals surface area (Å²) < 4.78 is 11.8. The first-order chi connectivity index (χ1) is 15.3. The van der Waals surface area contributed by atoms with Gasteiger partial charge in [-0.1, -0.05) is 70.0 Å². The fraction of sp³-hybridized carbons (Fsp3) is 0.429. The average Bonchev–Trinajstić information content (AvgIpc) is 2.78.